The molecule has 4 aliphatic heterocycles. The standard InChI is InChI=1S/C75H69BN4O2/c1-46-41-63-69-64(42-46)78(60-27-19-23-51-50-21-9-13-28-65(50)82-70(51)60)62-45-48(79-57-25-12-11-24-53(57)72(5)37-15-17-39-74(72,79)7)32-35-56(62)76(69)55-34-33-49(44-61(55)77(63)59-26-20-30-67-68(59)52-22-10-14-29-66(52)81-67)80-58-36-31-47(71(2,3)4)43-54(58)73(6)38-16-18-40-75(73,80)8/h9-14,19-36,41-45H,15-18,37-40H2,1-8H3. The van der Waals surface area contributed by atoms with Crippen molar-refractivity contribution in [3.05, 3.63) is 198 Å². The molecule has 0 bridgehead atoms. The van der Waals surface area contributed by atoms with Crippen molar-refractivity contribution in [1.29, 1.82) is 0 Å². The second-order valence-corrected chi connectivity index (χ2v) is 27.1. The minimum absolute atomic E-state index is 0.0133. The maximum atomic E-state index is 7.08. The van der Waals surface area contributed by atoms with E-state index in [1.807, 2.05) is 0 Å². The molecule has 7 heteroatoms. The summed E-state index contributed by atoms with van der Waals surface area (Å²) in [7, 11) is 0. The number of benzene rings is 9. The molecule has 4 unspecified atom stereocenters. The second-order valence-electron chi connectivity index (χ2n) is 27.1. The molecule has 0 radical (unpaired) electrons. The van der Waals surface area contributed by atoms with Crippen LogP contribution in [0.2, 0.25) is 0 Å². The van der Waals surface area contributed by atoms with Gasteiger partial charge >= 0.3 is 0 Å². The number of anilines is 10. The molecule has 2 aliphatic carbocycles. The van der Waals surface area contributed by atoms with Crippen molar-refractivity contribution in [2.24, 2.45) is 0 Å². The Morgan fingerprint density at radius 1 is 0.427 bits per heavy atom. The van der Waals surface area contributed by atoms with Gasteiger partial charge in [0, 0.05) is 72.5 Å². The van der Waals surface area contributed by atoms with E-state index in [1.165, 1.54) is 123 Å². The number of aryl methyl sites for hydroxylation is 1. The first-order valence-electron chi connectivity index (χ1n) is 30.4. The molecule has 11 aromatic rings. The Kier molecular flexibility index (Phi) is 9.78. The summed E-state index contributed by atoms with van der Waals surface area (Å²) >= 11 is 0. The van der Waals surface area contributed by atoms with Gasteiger partial charge in [-0.3, -0.25) is 0 Å². The Labute approximate surface area is 482 Å². The zero-order valence-electron chi connectivity index (χ0n) is 48.6. The van der Waals surface area contributed by atoms with Crippen molar-refractivity contribution >= 4 is 124 Å². The van der Waals surface area contributed by atoms with Gasteiger partial charge in [0.1, 0.15) is 16.7 Å². The number of rotatable bonds is 4. The van der Waals surface area contributed by atoms with Gasteiger partial charge in [0.05, 0.1) is 27.8 Å². The van der Waals surface area contributed by atoms with Gasteiger partial charge in [-0.15, -0.1) is 0 Å². The van der Waals surface area contributed by atoms with Crippen molar-refractivity contribution in [3.63, 3.8) is 0 Å². The minimum atomic E-state index is -0.133. The van der Waals surface area contributed by atoms with Gasteiger partial charge in [-0.2, -0.15) is 0 Å². The Bertz CT molecular complexity index is 4560. The summed E-state index contributed by atoms with van der Waals surface area (Å²) in [6, 6.07) is 67.3. The normalized spacial score (nSPS) is 23.3. The smallest absolute Gasteiger partial charge is 0.252 e. The number of nitrogens with zero attached hydrogens (tertiary/aromatic N) is 4. The number of furan rings is 2. The monoisotopic (exact) mass is 1070 g/mol. The van der Waals surface area contributed by atoms with E-state index in [-0.39, 0.29) is 34.0 Å². The lowest BCUT2D eigenvalue weighted by atomic mass is 9.33. The first-order valence-corrected chi connectivity index (χ1v) is 30.4. The fraction of sp³-hybridized carbons (Fsp3) is 0.280. The van der Waals surface area contributed by atoms with Crippen molar-refractivity contribution < 1.29 is 8.83 Å². The van der Waals surface area contributed by atoms with E-state index in [1.54, 1.807) is 0 Å². The average molecular weight is 1070 g/mol. The van der Waals surface area contributed by atoms with Gasteiger partial charge < -0.3 is 28.4 Å². The molecular weight excluding hydrogens is 1000 g/mol. The van der Waals surface area contributed by atoms with E-state index >= 15 is 0 Å². The molecule has 6 heterocycles. The molecular formula is C75H69BN4O2. The predicted molar refractivity (Wildman–Crippen MR) is 344 cm³/mol. The molecule has 6 nitrogen and oxygen atoms in total. The van der Waals surface area contributed by atoms with Crippen LogP contribution in [0.1, 0.15) is 122 Å². The van der Waals surface area contributed by atoms with Crippen LogP contribution in [0.4, 0.5) is 56.9 Å². The molecule has 17 rings (SSSR count). The Hall–Kier alpha value is -8.16. The lowest BCUT2D eigenvalue weighted by Crippen LogP contribution is -2.61. The Balaban J connectivity index is 0.958. The van der Waals surface area contributed by atoms with Crippen LogP contribution in [0.25, 0.3) is 43.9 Å². The summed E-state index contributed by atoms with van der Waals surface area (Å²) in [6.45, 7) is 19.5. The minimum Gasteiger partial charge on any atom is -0.456 e. The van der Waals surface area contributed by atoms with E-state index in [2.05, 4.69) is 251 Å². The third kappa shape index (κ3) is 6.17. The molecule has 0 saturated heterocycles. The van der Waals surface area contributed by atoms with E-state index in [9.17, 15) is 0 Å². The van der Waals surface area contributed by atoms with E-state index in [0.717, 1.165) is 68.1 Å². The zero-order valence-corrected chi connectivity index (χ0v) is 48.6. The van der Waals surface area contributed by atoms with Crippen LogP contribution >= 0.6 is 0 Å². The topological polar surface area (TPSA) is 39.2 Å². The van der Waals surface area contributed by atoms with Crippen LogP contribution in [0.15, 0.2) is 185 Å². The van der Waals surface area contributed by atoms with Crippen LogP contribution < -0.4 is 36.0 Å². The molecule has 4 atom stereocenters. The number of hydrogen-bond donors (Lipinski definition) is 0. The zero-order chi connectivity index (χ0) is 55.4. The molecule has 2 aromatic heterocycles. The highest BCUT2D eigenvalue weighted by Crippen LogP contribution is 2.64. The highest BCUT2D eigenvalue weighted by Gasteiger charge is 2.60. The van der Waals surface area contributed by atoms with Gasteiger partial charge in [0.2, 0.25) is 0 Å². The van der Waals surface area contributed by atoms with Gasteiger partial charge in [-0.25, -0.2) is 0 Å². The van der Waals surface area contributed by atoms with Gasteiger partial charge in [0.15, 0.2) is 5.58 Å². The summed E-state index contributed by atoms with van der Waals surface area (Å²) in [5.74, 6) is 0. The van der Waals surface area contributed by atoms with E-state index in [4.69, 9.17) is 8.83 Å². The maximum Gasteiger partial charge on any atom is 0.252 e. The molecule has 0 amide bonds. The molecule has 404 valence electrons. The largest absolute Gasteiger partial charge is 0.456 e. The maximum absolute atomic E-state index is 7.08. The summed E-state index contributed by atoms with van der Waals surface area (Å²) in [5.41, 5.74) is 24.8. The summed E-state index contributed by atoms with van der Waals surface area (Å²) in [5, 5.41) is 4.48. The lowest BCUT2D eigenvalue weighted by molar-refractivity contribution is 0.195. The van der Waals surface area contributed by atoms with Crippen molar-refractivity contribution in [1.82, 2.24) is 0 Å². The SMILES string of the molecule is Cc1cc2c3c(c1)N(c1cccc4oc5ccccc5c14)c1cc(N4c5ccc(C(C)(C)C)cc5C5(C)CCCCC45C)ccc1B3c1ccc(N3c4ccccc4C4(C)CCCCC34C)cc1N2c1cccc2c1oc1ccccc12. The summed E-state index contributed by atoms with van der Waals surface area (Å²) in [4.78, 5) is 10.7. The van der Waals surface area contributed by atoms with E-state index < -0.39 is 0 Å². The molecule has 2 saturated carbocycles. The molecule has 0 N–H and O–H groups in total. The van der Waals surface area contributed by atoms with Crippen LogP contribution in [0.3, 0.4) is 0 Å². The first kappa shape index (κ1) is 48.5. The first-order chi connectivity index (χ1) is 39.7. The number of para-hydroxylation sites is 4. The molecule has 82 heavy (non-hydrogen) atoms. The Morgan fingerprint density at radius 2 is 0.951 bits per heavy atom. The van der Waals surface area contributed by atoms with Crippen LogP contribution in [-0.2, 0) is 16.2 Å². The number of hydrogen-bond acceptors (Lipinski definition) is 6. The third-order valence-electron chi connectivity index (χ3n) is 21.9. The van der Waals surface area contributed by atoms with Crippen molar-refractivity contribution in [3.8, 4) is 0 Å². The fourth-order valence-electron chi connectivity index (χ4n) is 17.5. The predicted octanol–water partition coefficient (Wildman–Crippen LogP) is 18.7. The van der Waals surface area contributed by atoms with Crippen molar-refractivity contribution in [2.45, 2.75) is 134 Å². The number of fused-ring (bicyclic) bond motifs is 16. The quantitative estimate of drug-likeness (QED) is 0.164. The highest BCUT2D eigenvalue weighted by atomic mass is 16.3. The molecule has 9 aromatic carbocycles. The second kappa shape index (κ2) is 16.5. The molecule has 6 aliphatic rings. The highest BCUT2D eigenvalue weighted by molar-refractivity contribution is 7.00. The summed E-state index contributed by atoms with van der Waals surface area (Å²) < 4.78 is 13.9. The third-order valence-corrected chi connectivity index (χ3v) is 21.9. The summed E-state index contributed by atoms with van der Waals surface area (Å²) in [6.07, 6.45) is 9.53. The van der Waals surface area contributed by atoms with Crippen LogP contribution in [-0.4, -0.2) is 17.8 Å². The molecule has 2 fully saturated rings. The Morgan fingerprint density at radius 3 is 1.63 bits per heavy atom. The van der Waals surface area contributed by atoms with Gasteiger partial charge in [0.25, 0.3) is 6.71 Å². The van der Waals surface area contributed by atoms with E-state index in [0.29, 0.717) is 0 Å². The van der Waals surface area contributed by atoms with Gasteiger partial charge in [-0.05, 0) is 169 Å². The van der Waals surface area contributed by atoms with Crippen LogP contribution in [0, 0.1) is 6.92 Å². The fourth-order valence-corrected chi connectivity index (χ4v) is 17.5. The van der Waals surface area contributed by atoms with Crippen molar-refractivity contribution in [2.75, 3.05) is 19.6 Å². The van der Waals surface area contributed by atoms with Crippen LogP contribution in [0.5, 0.6) is 0 Å². The molecule has 0 spiro atoms. The average Bonchev–Trinajstić information content (AvgIpc) is 2.83. The van der Waals surface area contributed by atoms with Gasteiger partial charge in [-0.1, -0.05) is 157 Å². The lowest BCUT2D eigenvalue weighted by Gasteiger charge is -2.51.